The van der Waals surface area contributed by atoms with Gasteiger partial charge in [0, 0.05) is 57.4 Å². The van der Waals surface area contributed by atoms with Crippen molar-refractivity contribution in [2.45, 2.75) is 44.3 Å². The highest BCUT2D eigenvalue weighted by Gasteiger charge is 2.47. The summed E-state index contributed by atoms with van der Waals surface area (Å²) in [4.78, 5) is 25.4. The van der Waals surface area contributed by atoms with Crippen molar-refractivity contribution in [3.8, 4) is 0 Å². The monoisotopic (exact) mass is 396 g/mol. The number of H-pyrrole nitrogens is 1. The number of hydrogen-bond acceptors (Lipinski definition) is 4. The molecule has 0 radical (unpaired) electrons. The number of amides is 1. The van der Waals surface area contributed by atoms with E-state index in [-0.39, 0.29) is 5.91 Å². The van der Waals surface area contributed by atoms with Gasteiger partial charge in [-0.25, -0.2) is 4.98 Å². The van der Waals surface area contributed by atoms with Crippen molar-refractivity contribution in [2.24, 2.45) is 18.9 Å². The molecular weight excluding hydrogens is 364 g/mol. The van der Waals surface area contributed by atoms with Crippen molar-refractivity contribution in [2.75, 3.05) is 26.2 Å². The van der Waals surface area contributed by atoms with E-state index in [4.69, 9.17) is 0 Å². The lowest BCUT2D eigenvalue weighted by Gasteiger charge is -2.56. The summed E-state index contributed by atoms with van der Waals surface area (Å²) in [5.41, 5.74) is 0.647. The summed E-state index contributed by atoms with van der Waals surface area (Å²) in [6, 6.07) is 4.80. The van der Waals surface area contributed by atoms with E-state index >= 15 is 0 Å². The first-order chi connectivity index (χ1) is 14.2. The molecule has 5 heterocycles. The van der Waals surface area contributed by atoms with Gasteiger partial charge in [0.1, 0.15) is 11.5 Å². The van der Waals surface area contributed by atoms with Crippen molar-refractivity contribution in [1.82, 2.24) is 29.7 Å². The Bertz CT molecular complexity index is 830. The zero-order valence-corrected chi connectivity index (χ0v) is 17.3. The average Bonchev–Trinajstić information content (AvgIpc) is 3.40. The zero-order chi connectivity index (χ0) is 19.8. The van der Waals surface area contributed by atoms with Crippen LogP contribution in [-0.4, -0.2) is 68.5 Å². The normalized spacial score (nSPS) is 30.1. The second-order valence-electron chi connectivity index (χ2n) is 9.07. The first-order valence-corrected chi connectivity index (χ1v) is 11.0. The highest BCUT2D eigenvalue weighted by Crippen LogP contribution is 2.41. The van der Waals surface area contributed by atoms with Gasteiger partial charge in [-0.05, 0) is 49.8 Å². The summed E-state index contributed by atoms with van der Waals surface area (Å²) >= 11 is 0. The molecule has 4 atom stereocenters. The third kappa shape index (κ3) is 3.73. The molecule has 2 N–H and O–H groups in total. The highest BCUT2D eigenvalue weighted by molar-refractivity contribution is 5.92. The van der Waals surface area contributed by atoms with Crippen molar-refractivity contribution < 1.29 is 4.79 Å². The van der Waals surface area contributed by atoms with Crippen molar-refractivity contribution >= 4 is 5.91 Å². The lowest BCUT2D eigenvalue weighted by atomic mass is 9.72. The number of carbonyl (C=O) groups is 1. The Morgan fingerprint density at radius 2 is 2.21 bits per heavy atom. The van der Waals surface area contributed by atoms with Gasteiger partial charge in [-0.15, -0.1) is 0 Å². The van der Waals surface area contributed by atoms with Crippen LogP contribution < -0.4 is 5.32 Å². The van der Waals surface area contributed by atoms with E-state index in [0.29, 0.717) is 23.7 Å². The lowest BCUT2D eigenvalue weighted by molar-refractivity contribution is -0.0723. The summed E-state index contributed by atoms with van der Waals surface area (Å²) in [6.45, 7) is 5.11. The summed E-state index contributed by atoms with van der Waals surface area (Å²) in [5.74, 6) is 2.49. The van der Waals surface area contributed by atoms with Gasteiger partial charge in [0.25, 0.3) is 5.91 Å². The summed E-state index contributed by atoms with van der Waals surface area (Å²) < 4.78 is 2.13. The van der Waals surface area contributed by atoms with Gasteiger partial charge in [0.2, 0.25) is 0 Å². The number of piperidine rings is 3. The number of likely N-dealkylation sites (tertiary alicyclic amines) is 1. The van der Waals surface area contributed by atoms with Gasteiger partial charge in [-0.2, -0.15) is 0 Å². The van der Waals surface area contributed by atoms with Gasteiger partial charge in [0.15, 0.2) is 0 Å². The van der Waals surface area contributed by atoms with Crippen LogP contribution in [-0.2, 0) is 13.6 Å². The second kappa shape index (κ2) is 7.95. The molecule has 3 aliphatic rings. The number of aromatic nitrogens is 3. The molecular formula is C22H32N6O. The maximum Gasteiger partial charge on any atom is 0.267 e. The van der Waals surface area contributed by atoms with Crippen LogP contribution in [0.1, 0.15) is 42.0 Å². The minimum Gasteiger partial charge on any atom is -0.357 e. The Balaban J connectivity index is 1.31. The first-order valence-electron chi connectivity index (χ1n) is 11.0. The molecule has 5 rings (SSSR count). The maximum absolute atomic E-state index is 12.5. The molecule has 2 bridgehead atoms. The van der Waals surface area contributed by atoms with E-state index in [1.807, 2.05) is 24.5 Å². The molecule has 0 spiro atoms. The number of nitrogens with zero attached hydrogens (tertiary/aromatic N) is 4. The van der Waals surface area contributed by atoms with Crippen LogP contribution in [0.3, 0.4) is 0 Å². The van der Waals surface area contributed by atoms with Crippen molar-refractivity contribution in [3.05, 3.63) is 42.2 Å². The predicted molar refractivity (Wildman–Crippen MR) is 111 cm³/mol. The van der Waals surface area contributed by atoms with Gasteiger partial charge in [-0.3, -0.25) is 14.6 Å². The quantitative estimate of drug-likeness (QED) is 0.809. The largest absolute Gasteiger partial charge is 0.357 e. The van der Waals surface area contributed by atoms with Crippen LogP contribution in [0.2, 0.25) is 0 Å². The third-order valence-corrected chi connectivity index (χ3v) is 7.30. The standard InChI is InChI=1S/C22H32N6O/c1-26-10-8-24-21(26)15-27-13-16-11-17(14-27)20(28-9-3-2-6-19(16)28)12-25-22(29)18-5-4-7-23-18/h4-5,7-8,10,16-17,19-20,23H,2-3,6,9,11-15H2,1H3,(H,25,29)/t16-,17+,19+,20+/m1/s1. The fourth-order valence-electron chi connectivity index (χ4n) is 5.93. The minimum atomic E-state index is 0.00589. The molecule has 3 saturated heterocycles. The van der Waals surface area contributed by atoms with Crippen LogP contribution in [0, 0.1) is 11.8 Å². The van der Waals surface area contributed by atoms with Crippen LogP contribution in [0.15, 0.2) is 30.7 Å². The van der Waals surface area contributed by atoms with Crippen LogP contribution in [0.5, 0.6) is 0 Å². The molecule has 0 aromatic carbocycles. The van der Waals surface area contributed by atoms with Gasteiger partial charge >= 0.3 is 0 Å². The van der Waals surface area contributed by atoms with Crippen LogP contribution in [0.4, 0.5) is 0 Å². The van der Waals surface area contributed by atoms with E-state index in [1.165, 1.54) is 38.8 Å². The van der Waals surface area contributed by atoms with Gasteiger partial charge in [-0.1, -0.05) is 6.42 Å². The predicted octanol–water partition coefficient (Wildman–Crippen LogP) is 1.85. The van der Waals surface area contributed by atoms with Crippen molar-refractivity contribution in [1.29, 1.82) is 0 Å². The average molecular weight is 397 g/mol. The number of aromatic amines is 1. The van der Waals surface area contributed by atoms with E-state index in [0.717, 1.165) is 31.4 Å². The molecule has 2 aromatic heterocycles. The molecule has 2 aromatic rings. The second-order valence-corrected chi connectivity index (χ2v) is 9.07. The SMILES string of the molecule is Cn1ccnc1CN1C[C@H]2C[C@@H](C1)[C@H](CNC(=O)c1ccc[nH]1)N1CCCC[C@@H]21. The van der Waals surface area contributed by atoms with E-state index in [1.54, 1.807) is 6.20 Å². The maximum atomic E-state index is 12.5. The number of carbonyl (C=O) groups excluding carboxylic acids is 1. The molecule has 7 heteroatoms. The number of hydrogen-bond donors (Lipinski definition) is 2. The number of rotatable bonds is 5. The van der Waals surface area contributed by atoms with Crippen molar-refractivity contribution in [3.63, 3.8) is 0 Å². The molecule has 7 nitrogen and oxygen atoms in total. The molecule has 0 aliphatic carbocycles. The molecule has 1 amide bonds. The molecule has 0 unspecified atom stereocenters. The lowest BCUT2D eigenvalue weighted by Crippen LogP contribution is -2.65. The van der Waals surface area contributed by atoms with Crippen LogP contribution in [0.25, 0.3) is 0 Å². The summed E-state index contributed by atoms with van der Waals surface area (Å²) in [5, 5.41) is 3.21. The van der Waals surface area contributed by atoms with E-state index in [2.05, 4.69) is 36.7 Å². The topological polar surface area (TPSA) is 69.2 Å². The van der Waals surface area contributed by atoms with Gasteiger partial charge in [0.05, 0.1) is 6.54 Å². The number of fused-ring (bicyclic) bond motifs is 4. The number of aryl methyl sites for hydroxylation is 1. The Kier molecular flexibility index (Phi) is 5.18. The Hall–Kier alpha value is -2.12. The Morgan fingerprint density at radius 3 is 3.00 bits per heavy atom. The Labute approximate surface area is 172 Å². The van der Waals surface area contributed by atoms with E-state index in [9.17, 15) is 4.79 Å². The first kappa shape index (κ1) is 18.9. The Morgan fingerprint density at radius 1 is 1.31 bits per heavy atom. The number of nitrogens with one attached hydrogen (secondary N) is 2. The fourth-order valence-corrected chi connectivity index (χ4v) is 5.93. The summed E-state index contributed by atoms with van der Waals surface area (Å²) in [7, 11) is 2.08. The molecule has 156 valence electrons. The smallest absolute Gasteiger partial charge is 0.267 e. The van der Waals surface area contributed by atoms with Gasteiger partial charge < -0.3 is 14.9 Å². The molecule has 0 saturated carbocycles. The third-order valence-electron chi connectivity index (χ3n) is 7.30. The zero-order valence-electron chi connectivity index (χ0n) is 17.3. The molecule has 3 aliphatic heterocycles. The molecule has 3 fully saturated rings. The minimum absolute atomic E-state index is 0.00589. The fraction of sp³-hybridized carbons (Fsp3) is 0.636. The highest BCUT2D eigenvalue weighted by atomic mass is 16.1. The summed E-state index contributed by atoms with van der Waals surface area (Å²) in [6.07, 6.45) is 10.9. The molecule has 29 heavy (non-hydrogen) atoms. The number of imidazole rings is 1. The van der Waals surface area contributed by atoms with Crippen LogP contribution >= 0.6 is 0 Å². The van der Waals surface area contributed by atoms with E-state index < -0.39 is 0 Å².